The van der Waals surface area contributed by atoms with E-state index < -0.39 is 17.5 Å². The van der Waals surface area contributed by atoms with Gasteiger partial charge >= 0.3 is 0 Å². The van der Waals surface area contributed by atoms with Gasteiger partial charge in [0.15, 0.2) is 11.6 Å². The van der Waals surface area contributed by atoms with Gasteiger partial charge in [0.05, 0.1) is 17.9 Å². The number of rotatable bonds is 6. The third-order valence-electron chi connectivity index (χ3n) is 6.70. The molecule has 2 heterocycles. The summed E-state index contributed by atoms with van der Waals surface area (Å²) in [5.41, 5.74) is 4.02. The quantitative estimate of drug-likeness (QED) is 0.354. The van der Waals surface area contributed by atoms with Crippen molar-refractivity contribution in [2.75, 3.05) is 31.6 Å². The van der Waals surface area contributed by atoms with Gasteiger partial charge in [-0.1, -0.05) is 30.7 Å². The van der Waals surface area contributed by atoms with Gasteiger partial charge in [0.1, 0.15) is 5.75 Å². The maximum absolute atomic E-state index is 14.5. The molecule has 0 unspecified atom stereocenters. The minimum Gasteiger partial charge on any atom is -0.493 e. The van der Waals surface area contributed by atoms with Gasteiger partial charge in [-0.3, -0.25) is 4.79 Å². The molecule has 0 bridgehead atoms. The van der Waals surface area contributed by atoms with E-state index in [0.29, 0.717) is 6.61 Å². The Morgan fingerprint density at radius 1 is 1.06 bits per heavy atom. The summed E-state index contributed by atoms with van der Waals surface area (Å²) in [6.45, 7) is 6.00. The Bertz CT molecular complexity index is 1230. The van der Waals surface area contributed by atoms with E-state index in [-0.39, 0.29) is 16.8 Å². The molecule has 5 rings (SSSR count). The molecule has 0 radical (unpaired) electrons. The maximum Gasteiger partial charge on any atom is 0.256 e. The Morgan fingerprint density at radius 3 is 2.68 bits per heavy atom. The molecule has 4 aliphatic rings. The zero-order valence-electron chi connectivity index (χ0n) is 19.3. The van der Waals surface area contributed by atoms with Gasteiger partial charge in [-0.05, 0) is 80.2 Å². The molecule has 4 nitrogen and oxygen atoms in total. The summed E-state index contributed by atoms with van der Waals surface area (Å²) in [6, 6.07) is 12.1. The van der Waals surface area contributed by atoms with Crippen molar-refractivity contribution >= 4 is 23.2 Å². The van der Waals surface area contributed by atoms with Crippen molar-refractivity contribution in [1.82, 2.24) is 4.90 Å². The normalized spacial score (nSPS) is 17.3. The van der Waals surface area contributed by atoms with E-state index in [1.54, 1.807) is 6.08 Å². The van der Waals surface area contributed by atoms with Gasteiger partial charge < -0.3 is 15.0 Å². The molecule has 0 saturated carbocycles. The van der Waals surface area contributed by atoms with E-state index in [0.717, 1.165) is 47.0 Å². The van der Waals surface area contributed by atoms with E-state index >= 15 is 0 Å². The summed E-state index contributed by atoms with van der Waals surface area (Å²) >= 11 is 0. The van der Waals surface area contributed by atoms with Crippen LogP contribution in [0.2, 0.25) is 0 Å². The molecule has 1 N–H and O–H groups in total. The number of piperidine rings is 1. The number of likely N-dealkylation sites (tertiary alicyclic amines) is 1. The Morgan fingerprint density at radius 2 is 1.85 bits per heavy atom. The number of ether oxygens (including phenoxy) is 1. The lowest BCUT2D eigenvalue weighted by Crippen LogP contribution is -2.31. The summed E-state index contributed by atoms with van der Waals surface area (Å²) in [6.07, 6.45) is 6.48. The summed E-state index contributed by atoms with van der Waals surface area (Å²) < 4.78 is 34.6. The van der Waals surface area contributed by atoms with Gasteiger partial charge in [-0.25, -0.2) is 8.78 Å². The van der Waals surface area contributed by atoms with E-state index in [9.17, 15) is 13.6 Å². The van der Waals surface area contributed by atoms with Crippen LogP contribution in [0.15, 0.2) is 42.5 Å². The molecule has 1 fully saturated rings. The highest BCUT2D eigenvalue weighted by atomic mass is 19.2. The number of amides is 1. The third-order valence-corrected chi connectivity index (χ3v) is 6.70. The number of carbonyl (C=O) groups excluding carboxylic acids is 1. The van der Waals surface area contributed by atoms with Gasteiger partial charge in [0, 0.05) is 17.7 Å². The van der Waals surface area contributed by atoms with Crippen molar-refractivity contribution in [3.05, 3.63) is 70.8 Å². The number of benzene rings is 1. The molecule has 0 spiro atoms. The van der Waals surface area contributed by atoms with Gasteiger partial charge in [0.25, 0.3) is 5.91 Å². The second-order valence-corrected chi connectivity index (χ2v) is 9.05. The zero-order chi connectivity index (χ0) is 23.7. The Balaban J connectivity index is 1.40. The average molecular weight is 463 g/mol. The van der Waals surface area contributed by atoms with Crippen LogP contribution in [0.5, 0.6) is 5.75 Å². The van der Waals surface area contributed by atoms with E-state index in [2.05, 4.69) is 10.2 Å². The zero-order valence-corrected chi connectivity index (χ0v) is 19.3. The fraction of sp³-hybridized carbons (Fsp3) is 0.321. The molecule has 1 aromatic rings. The fourth-order valence-electron chi connectivity index (χ4n) is 5.03. The van der Waals surface area contributed by atoms with Crippen LogP contribution in [0.3, 0.4) is 0 Å². The summed E-state index contributed by atoms with van der Waals surface area (Å²) in [4.78, 5) is 15.1. The predicted molar refractivity (Wildman–Crippen MR) is 131 cm³/mol. The minimum atomic E-state index is -1.02. The van der Waals surface area contributed by atoms with Gasteiger partial charge in [-0.15, -0.1) is 0 Å². The highest BCUT2D eigenvalue weighted by molar-refractivity contribution is 6.35. The molecule has 0 atom stereocenters. The van der Waals surface area contributed by atoms with Crippen LogP contribution in [-0.2, 0) is 4.79 Å². The van der Waals surface area contributed by atoms with Crippen molar-refractivity contribution in [3.63, 3.8) is 0 Å². The lowest BCUT2D eigenvalue weighted by atomic mass is 10.0. The van der Waals surface area contributed by atoms with Crippen LogP contribution < -0.4 is 10.1 Å². The second kappa shape index (κ2) is 9.55. The van der Waals surface area contributed by atoms with Crippen LogP contribution in [0.25, 0.3) is 22.8 Å². The first-order chi connectivity index (χ1) is 16.5. The van der Waals surface area contributed by atoms with Crippen LogP contribution in [0.4, 0.5) is 14.5 Å². The molecule has 6 heteroatoms. The number of hydrogen-bond donors (Lipinski definition) is 1. The van der Waals surface area contributed by atoms with Crippen molar-refractivity contribution in [1.29, 1.82) is 0 Å². The van der Waals surface area contributed by atoms with Crippen LogP contribution >= 0.6 is 0 Å². The monoisotopic (exact) mass is 462 g/mol. The largest absolute Gasteiger partial charge is 0.493 e. The highest BCUT2D eigenvalue weighted by Gasteiger charge is 2.30. The topological polar surface area (TPSA) is 41.6 Å². The van der Waals surface area contributed by atoms with E-state index in [1.165, 1.54) is 38.4 Å². The lowest BCUT2D eigenvalue weighted by Gasteiger charge is -2.26. The SMILES string of the molecule is Cc1cc(/C=C2/C(=O)Nc3ccc(F)c(F)c32)c2ccccc(OCCCN3CCCCC3)c1-2. The van der Waals surface area contributed by atoms with E-state index in [4.69, 9.17) is 4.74 Å². The summed E-state index contributed by atoms with van der Waals surface area (Å²) in [5, 5.41) is 2.63. The highest BCUT2D eigenvalue weighted by Crippen LogP contribution is 2.42. The second-order valence-electron chi connectivity index (χ2n) is 9.05. The number of halogens is 2. The number of nitrogens with zero attached hydrogens (tertiary/aromatic N) is 1. The number of hydrogen-bond acceptors (Lipinski definition) is 3. The molecule has 1 aromatic carbocycles. The minimum absolute atomic E-state index is 0.0218. The number of fused-ring (bicyclic) bond motifs is 2. The van der Waals surface area contributed by atoms with Gasteiger partial charge in [-0.2, -0.15) is 0 Å². The van der Waals surface area contributed by atoms with Crippen molar-refractivity contribution < 1.29 is 18.3 Å². The first kappa shape index (κ1) is 22.5. The van der Waals surface area contributed by atoms with E-state index in [1.807, 2.05) is 37.3 Å². The maximum atomic E-state index is 14.5. The van der Waals surface area contributed by atoms with Crippen molar-refractivity contribution in [2.24, 2.45) is 0 Å². The molecule has 2 aliphatic carbocycles. The Hall–Kier alpha value is -3.25. The first-order valence-electron chi connectivity index (χ1n) is 11.9. The Kier molecular flexibility index (Phi) is 6.33. The predicted octanol–water partition coefficient (Wildman–Crippen LogP) is 6.13. The fourth-order valence-corrected chi connectivity index (χ4v) is 5.03. The van der Waals surface area contributed by atoms with Crippen LogP contribution in [0.1, 0.15) is 42.4 Å². The first-order valence-corrected chi connectivity index (χ1v) is 11.9. The number of carbonyl (C=O) groups is 1. The number of aryl methyl sites for hydroxylation is 1. The molecule has 176 valence electrons. The smallest absolute Gasteiger partial charge is 0.256 e. The summed E-state index contributed by atoms with van der Waals surface area (Å²) in [5.74, 6) is -1.65. The third kappa shape index (κ3) is 4.30. The Labute approximate surface area is 198 Å². The molecular weight excluding hydrogens is 434 g/mol. The standard InChI is InChI=1S/C28H28F2N2O2/c1-18-16-19(17-21-26-23(31-28(21)33)11-10-22(29)27(26)30)20-8-3-4-9-24(25(18)20)34-15-7-14-32-12-5-2-6-13-32/h3-4,8-11,16-17H,2,5-7,12-15H2,1H3,(H,31,33)/b21-17+. The molecular formula is C28H28F2N2O2. The molecule has 2 aliphatic heterocycles. The molecule has 0 aromatic heterocycles. The van der Waals surface area contributed by atoms with Crippen LogP contribution in [0, 0.1) is 18.6 Å². The number of nitrogens with one attached hydrogen (secondary N) is 1. The summed E-state index contributed by atoms with van der Waals surface area (Å²) in [7, 11) is 0. The molecule has 34 heavy (non-hydrogen) atoms. The number of anilines is 1. The lowest BCUT2D eigenvalue weighted by molar-refractivity contribution is -0.110. The van der Waals surface area contributed by atoms with Gasteiger partial charge in [0.2, 0.25) is 0 Å². The van der Waals surface area contributed by atoms with Crippen molar-refractivity contribution in [2.45, 2.75) is 32.6 Å². The van der Waals surface area contributed by atoms with Crippen LogP contribution in [-0.4, -0.2) is 37.0 Å². The average Bonchev–Trinajstić information content (AvgIpc) is 3.21. The molecule has 1 amide bonds. The molecule has 1 saturated heterocycles. The van der Waals surface area contributed by atoms with Crippen molar-refractivity contribution in [3.8, 4) is 16.9 Å².